The predicted molar refractivity (Wildman–Crippen MR) is 68.1 cm³/mol. The smallest absolute Gasteiger partial charge is 0.330 e. The van der Waals surface area contributed by atoms with E-state index in [4.69, 9.17) is 18.9 Å². The molecule has 0 heterocycles. The summed E-state index contributed by atoms with van der Waals surface area (Å²) in [6.07, 6.45) is 2.41. The van der Waals surface area contributed by atoms with Gasteiger partial charge in [-0.1, -0.05) is 13.2 Å². The third kappa shape index (κ3) is 9.86. The molecule has 18 heavy (non-hydrogen) atoms. The Morgan fingerprint density at radius 3 is 2.39 bits per heavy atom. The van der Waals surface area contributed by atoms with Crippen LogP contribution in [-0.4, -0.2) is 44.6 Å². The molecule has 0 aliphatic carbocycles. The van der Waals surface area contributed by atoms with Gasteiger partial charge < -0.3 is 18.9 Å². The van der Waals surface area contributed by atoms with Crippen LogP contribution in [0.25, 0.3) is 0 Å². The van der Waals surface area contributed by atoms with Gasteiger partial charge in [0.05, 0.1) is 31.7 Å². The number of carbonyl (C=O) groups is 1. The summed E-state index contributed by atoms with van der Waals surface area (Å²) in [5, 5.41) is 0. The Morgan fingerprint density at radius 1 is 1.11 bits per heavy atom. The number of hydrogen-bond donors (Lipinski definition) is 0. The maximum Gasteiger partial charge on any atom is 0.330 e. The van der Waals surface area contributed by atoms with Gasteiger partial charge >= 0.3 is 5.97 Å². The molecular formula is C13H22O5. The van der Waals surface area contributed by atoms with E-state index in [1.165, 1.54) is 6.26 Å². The normalized spacial score (nSPS) is 13.4. The highest BCUT2D eigenvalue weighted by molar-refractivity contribution is 5.81. The first-order valence-corrected chi connectivity index (χ1v) is 5.85. The fourth-order valence-electron chi connectivity index (χ4n) is 1.05. The van der Waals surface area contributed by atoms with Crippen LogP contribution in [0.4, 0.5) is 0 Å². The summed E-state index contributed by atoms with van der Waals surface area (Å²) in [4.78, 5) is 10.7. The van der Waals surface area contributed by atoms with Gasteiger partial charge in [-0.3, -0.25) is 0 Å². The van der Waals surface area contributed by atoms with Crippen LogP contribution >= 0.6 is 0 Å². The molecule has 104 valence electrons. The van der Waals surface area contributed by atoms with Crippen molar-refractivity contribution >= 4 is 5.97 Å². The van der Waals surface area contributed by atoms with Crippen molar-refractivity contribution in [2.45, 2.75) is 26.1 Å². The first-order valence-electron chi connectivity index (χ1n) is 5.85. The maximum atomic E-state index is 10.7. The summed E-state index contributed by atoms with van der Waals surface area (Å²) in [6, 6.07) is 0. The van der Waals surface area contributed by atoms with Crippen molar-refractivity contribution in [3.05, 3.63) is 25.5 Å². The van der Waals surface area contributed by atoms with Gasteiger partial charge in [-0.05, 0) is 13.8 Å². The first-order chi connectivity index (χ1) is 8.60. The maximum absolute atomic E-state index is 10.7. The molecule has 0 spiro atoms. The predicted octanol–water partition coefficient (Wildman–Crippen LogP) is 1.69. The lowest BCUT2D eigenvalue weighted by Gasteiger charge is -2.17. The lowest BCUT2D eigenvalue weighted by molar-refractivity contribution is -0.140. The van der Waals surface area contributed by atoms with Crippen LogP contribution in [0.2, 0.25) is 0 Å². The monoisotopic (exact) mass is 258 g/mol. The van der Waals surface area contributed by atoms with Gasteiger partial charge in [0.1, 0.15) is 13.2 Å². The van der Waals surface area contributed by atoms with Crippen LogP contribution in [-0.2, 0) is 23.7 Å². The zero-order chi connectivity index (χ0) is 13.8. The van der Waals surface area contributed by atoms with Gasteiger partial charge in [0.2, 0.25) is 0 Å². The van der Waals surface area contributed by atoms with Crippen molar-refractivity contribution in [2.24, 2.45) is 0 Å². The minimum atomic E-state index is -0.447. The molecule has 0 fully saturated rings. The highest BCUT2D eigenvalue weighted by atomic mass is 16.6. The van der Waals surface area contributed by atoms with Crippen molar-refractivity contribution < 1.29 is 23.7 Å². The molecule has 0 amide bonds. The summed E-state index contributed by atoms with van der Waals surface area (Å²) in [6.45, 7) is 12.0. The van der Waals surface area contributed by atoms with E-state index in [1.54, 1.807) is 0 Å². The number of rotatable bonds is 11. The largest absolute Gasteiger partial charge is 0.499 e. The van der Waals surface area contributed by atoms with E-state index in [1.807, 2.05) is 13.8 Å². The quantitative estimate of drug-likeness (QED) is 0.244. The van der Waals surface area contributed by atoms with Crippen molar-refractivity contribution in [3.8, 4) is 0 Å². The number of carbonyl (C=O) groups excluding carboxylic acids is 1. The van der Waals surface area contributed by atoms with Crippen LogP contribution in [0.1, 0.15) is 13.8 Å². The van der Waals surface area contributed by atoms with Crippen molar-refractivity contribution in [3.63, 3.8) is 0 Å². The molecule has 0 radical (unpaired) electrons. The summed E-state index contributed by atoms with van der Waals surface area (Å²) >= 11 is 0. The summed E-state index contributed by atoms with van der Waals surface area (Å²) in [5.41, 5.74) is 0. The van der Waals surface area contributed by atoms with Gasteiger partial charge in [0.15, 0.2) is 0 Å². The molecule has 5 nitrogen and oxygen atoms in total. The summed E-state index contributed by atoms with van der Waals surface area (Å²) < 4.78 is 20.6. The fourth-order valence-corrected chi connectivity index (χ4v) is 1.05. The molecule has 0 aliphatic rings. The second-order valence-corrected chi connectivity index (χ2v) is 3.70. The molecule has 0 saturated carbocycles. The van der Waals surface area contributed by atoms with E-state index in [0.29, 0.717) is 19.8 Å². The molecule has 0 aromatic carbocycles. The highest BCUT2D eigenvalue weighted by Gasteiger charge is 2.07. The minimum Gasteiger partial charge on any atom is -0.499 e. The highest BCUT2D eigenvalue weighted by Crippen LogP contribution is 1.98. The second kappa shape index (κ2) is 10.8. The topological polar surface area (TPSA) is 54.0 Å². The molecule has 2 unspecified atom stereocenters. The second-order valence-electron chi connectivity index (χ2n) is 3.70. The van der Waals surface area contributed by atoms with E-state index in [9.17, 15) is 4.79 Å². The third-order valence-corrected chi connectivity index (χ3v) is 1.96. The van der Waals surface area contributed by atoms with Gasteiger partial charge in [0, 0.05) is 6.08 Å². The molecular weight excluding hydrogens is 236 g/mol. The van der Waals surface area contributed by atoms with Crippen LogP contribution in [0, 0.1) is 0 Å². The lowest BCUT2D eigenvalue weighted by Crippen LogP contribution is -2.24. The first kappa shape index (κ1) is 16.7. The SMILES string of the molecule is C=COCC(C)OCC(C)OCCOC(=O)C=C. The summed E-state index contributed by atoms with van der Waals surface area (Å²) in [5.74, 6) is -0.447. The van der Waals surface area contributed by atoms with Crippen LogP contribution in [0.5, 0.6) is 0 Å². The average Bonchev–Trinajstić information content (AvgIpc) is 2.38. The van der Waals surface area contributed by atoms with E-state index in [-0.39, 0.29) is 18.8 Å². The Kier molecular flexibility index (Phi) is 10.0. The van der Waals surface area contributed by atoms with Crippen molar-refractivity contribution in [1.82, 2.24) is 0 Å². The molecule has 0 bridgehead atoms. The zero-order valence-electron chi connectivity index (χ0n) is 11.1. The molecule has 0 aromatic heterocycles. The standard InChI is InChI=1S/C13H22O5/c1-5-13(14)17-8-7-16-12(4)10-18-11(3)9-15-6-2/h5-6,11-12H,1-2,7-10H2,3-4H3. The van der Waals surface area contributed by atoms with Crippen LogP contribution in [0.3, 0.4) is 0 Å². The third-order valence-electron chi connectivity index (χ3n) is 1.96. The Balaban J connectivity index is 3.47. The Hall–Kier alpha value is -1.33. The lowest BCUT2D eigenvalue weighted by atomic mass is 10.4. The molecule has 5 heteroatoms. The Labute approximate surface area is 108 Å². The number of esters is 1. The van der Waals surface area contributed by atoms with Gasteiger partial charge in [-0.25, -0.2) is 4.79 Å². The molecule has 0 aliphatic heterocycles. The minimum absolute atomic E-state index is 0.0207. The van der Waals surface area contributed by atoms with Gasteiger partial charge in [0.25, 0.3) is 0 Å². The number of hydrogen-bond acceptors (Lipinski definition) is 5. The van der Waals surface area contributed by atoms with E-state index in [0.717, 1.165) is 6.08 Å². The van der Waals surface area contributed by atoms with Crippen LogP contribution in [0.15, 0.2) is 25.5 Å². The number of ether oxygens (including phenoxy) is 4. The zero-order valence-corrected chi connectivity index (χ0v) is 11.1. The average molecular weight is 258 g/mol. The summed E-state index contributed by atoms with van der Waals surface area (Å²) in [7, 11) is 0. The molecule has 0 rings (SSSR count). The van der Waals surface area contributed by atoms with E-state index < -0.39 is 5.97 Å². The van der Waals surface area contributed by atoms with Crippen molar-refractivity contribution in [1.29, 1.82) is 0 Å². The van der Waals surface area contributed by atoms with Crippen molar-refractivity contribution in [2.75, 3.05) is 26.4 Å². The van der Waals surface area contributed by atoms with E-state index in [2.05, 4.69) is 13.2 Å². The van der Waals surface area contributed by atoms with E-state index >= 15 is 0 Å². The van der Waals surface area contributed by atoms with Gasteiger partial charge in [-0.15, -0.1) is 0 Å². The molecule has 0 N–H and O–H groups in total. The Bertz CT molecular complexity index is 252. The van der Waals surface area contributed by atoms with Gasteiger partial charge in [-0.2, -0.15) is 0 Å². The fraction of sp³-hybridized carbons (Fsp3) is 0.615. The Morgan fingerprint density at radius 2 is 1.78 bits per heavy atom. The molecule has 0 saturated heterocycles. The molecule has 0 aromatic rings. The van der Waals surface area contributed by atoms with Crippen LogP contribution < -0.4 is 0 Å². The molecule has 2 atom stereocenters.